The molecule has 0 bridgehead atoms. The third kappa shape index (κ3) is 7.03. The molecule has 4 aromatic carbocycles. The fourth-order valence-electron chi connectivity index (χ4n) is 2.49. The average molecular weight is 428 g/mol. The third-order valence-corrected chi connectivity index (χ3v) is 3.97. The molecule has 4 aromatic rings. The van der Waals surface area contributed by atoms with Crippen molar-refractivity contribution in [3.63, 3.8) is 0 Å². The average Bonchev–Trinajstić information content (AvgIpc) is 2.82. The van der Waals surface area contributed by atoms with Crippen molar-refractivity contribution in [2.75, 3.05) is 0 Å². The van der Waals surface area contributed by atoms with Crippen LogP contribution >= 0.6 is 0 Å². The molecule has 4 rings (SSSR count). The summed E-state index contributed by atoms with van der Waals surface area (Å²) in [6.07, 6.45) is -0.739. The van der Waals surface area contributed by atoms with E-state index < -0.39 is 12.1 Å². The number of hydrogen-bond acceptors (Lipinski definition) is 6. The molecule has 0 heterocycles. The van der Waals surface area contributed by atoms with Gasteiger partial charge in [0, 0.05) is 0 Å². The van der Waals surface area contributed by atoms with E-state index in [2.05, 4.69) is 0 Å². The van der Waals surface area contributed by atoms with E-state index in [-0.39, 0.29) is 11.3 Å². The van der Waals surface area contributed by atoms with Crippen LogP contribution in [0.4, 0.5) is 4.79 Å². The van der Waals surface area contributed by atoms with Crippen molar-refractivity contribution in [3.8, 4) is 23.0 Å². The largest absolute Gasteiger partial charge is 0.519 e. The van der Waals surface area contributed by atoms with Crippen molar-refractivity contribution in [1.29, 1.82) is 0 Å². The fraction of sp³-hybridized carbons (Fsp3) is 0. The van der Waals surface area contributed by atoms with Crippen LogP contribution in [0.3, 0.4) is 0 Å². The molecule has 0 aliphatic carbocycles. The maximum Gasteiger partial charge on any atom is 0.519 e. The zero-order valence-corrected chi connectivity index (χ0v) is 17.0. The minimum Gasteiger partial charge on any atom is -0.507 e. The lowest BCUT2D eigenvalue weighted by Gasteiger charge is -2.04. The van der Waals surface area contributed by atoms with E-state index in [1.54, 1.807) is 84.9 Å². The molecule has 0 radical (unpaired) electrons. The van der Waals surface area contributed by atoms with E-state index in [1.807, 2.05) is 18.2 Å². The number of aromatic hydroxyl groups is 1. The molecule has 32 heavy (non-hydrogen) atoms. The molecule has 0 aliphatic heterocycles. The molecule has 0 fully saturated rings. The zero-order valence-electron chi connectivity index (χ0n) is 17.0. The Morgan fingerprint density at radius 3 is 1.31 bits per heavy atom. The summed E-state index contributed by atoms with van der Waals surface area (Å²) in [5, 5.41) is 9.46. The minimum atomic E-state index is -0.739. The topological polar surface area (TPSA) is 82.1 Å². The van der Waals surface area contributed by atoms with Gasteiger partial charge in [-0.3, -0.25) is 0 Å². The summed E-state index contributed by atoms with van der Waals surface area (Å²) in [5.74, 6) is 0.732. The Bertz CT molecular complexity index is 1090. The predicted molar refractivity (Wildman–Crippen MR) is 119 cm³/mol. The number of carbonyl (C=O) groups excluding carboxylic acids is 2. The maximum atomic E-state index is 11.7. The van der Waals surface area contributed by atoms with Crippen molar-refractivity contribution in [1.82, 2.24) is 0 Å². The third-order valence-electron chi connectivity index (χ3n) is 3.97. The minimum absolute atomic E-state index is 0.0802. The van der Waals surface area contributed by atoms with Gasteiger partial charge in [-0.1, -0.05) is 66.7 Å². The van der Waals surface area contributed by atoms with Gasteiger partial charge >= 0.3 is 12.1 Å². The lowest BCUT2D eigenvalue weighted by molar-refractivity contribution is 0.0731. The van der Waals surface area contributed by atoms with Crippen molar-refractivity contribution in [2.24, 2.45) is 0 Å². The molecule has 0 spiro atoms. The van der Waals surface area contributed by atoms with Crippen molar-refractivity contribution >= 4 is 12.1 Å². The number of rotatable bonds is 4. The number of benzene rings is 4. The Balaban J connectivity index is 0.000000181. The van der Waals surface area contributed by atoms with Gasteiger partial charge in [-0.25, -0.2) is 9.59 Å². The molecule has 0 unspecified atom stereocenters. The summed E-state index contributed by atoms with van der Waals surface area (Å²) in [5.41, 5.74) is 0.159. The number of hydrogen-bond donors (Lipinski definition) is 1. The lowest BCUT2D eigenvalue weighted by Crippen LogP contribution is -2.13. The van der Waals surface area contributed by atoms with Gasteiger partial charge in [-0.2, -0.15) is 0 Å². The summed E-state index contributed by atoms with van der Waals surface area (Å²) in [4.78, 5) is 23.0. The molecular weight excluding hydrogens is 408 g/mol. The van der Waals surface area contributed by atoms with E-state index >= 15 is 0 Å². The molecule has 6 heteroatoms. The number of para-hydroxylation sites is 4. The van der Waals surface area contributed by atoms with Crippen LogP contribution in [0.2, 0.25) is 0 Å². The molecule has 6 nitrogen and oxygen atoms in total. The molecule has 0 amide bonds. The van der Waals surface area contributed by atoms with E-state index in [0.717, 1.165) is 0 Å². The molecular formula is C26H20O6. The Hall–Kier alpha value is -4.58. The molecule has 0 atom stereocenters. The molecule has 1 N–H and O–H groups in total. The Morgan fingerprint density at radius 1 is 0.500 bits per heavy atom. The normalized spacial score (nSPS) is 9.62. The first-order valence-electron chi connectivity index (χ1n) is 9.67. The van der Waals surface area contributed by atoms with Crippen LogP contribution in [0.25, 0.3) is 0 Å². The van der Waals surface area contributed by atoms with Crippen LogP contribution in [0.5, 0.6) is 23.0 Å². The lowest BCUT2D eigenvalue weighted by atomic mass is 10.2. The molecule has 0 aliphatic rings. The van der Waals surface area contributed by atoms with Crippen molar-refractivity contribution in [2.45, 2.75) is 0 Å². The maximum absolute atomic E-state index is 11.7. The van der Waals surface area contributed by atoms with Gasteiger partial charge in [0.15, 0.2) is 0 Å². The van der Waals surface area contributed by atoms with E-state index in [4.69, 9.17) is 14.2 Å². The Morgan fingerprint density at radius 2 is 0.875 bits per heavy atom. The summed E-state index contributed by atoms with van der Waals surface area (Å²) >= 11 is 0. The smallest absolute Gasteiger partial charge is 0.507 e. The van der Waals surface area contributed by atoms with Gasteiger partial charge in [-0.05, 0) is 48.5 Å². The second kappa shape index (κ2) is 11.6. The Labute approximate surface area is 185 Å². The molecule has 0 aromatic heterocycles. The number of phenols is 1. The van der Waals surface area contributed by atoms with Crippen LogP contribution in [0, 0.1) is 0 Å². The predicted octanol–water partition coefficient (Wildman–Crippen LogP) is 5.88. The Kier molecular flexibility index (Phi) is 7.99. The standard InChI is InChI=1S/2C13H10O3/c14-13(15-11-7-3-1-4-8-11)16-12-9-5-2-6-10-12;14-12-9-5-4-8-11(12)13(15)16-10-6-2-1-3-7-10/h1-10H;1-9,14H. The fourth-order valence-corrected chi connectivity index (χ4v) is 2.49. The quantitative estimate of drug-likeness (QED) is 0.248. The highest BCUT2D eigenvalue weighted by Crippen LogP contribution is 2.18. The number of ether oxygens (including phenoxy) is 3. The second-order valence-corrected chi connectivity index (χ2v) is 6.30. The van der Waals surface area contributed by atoms with Gasteiger partial charge in [0.05, 0.1) is 0 Å². The first kappa shape index (κ1) is 22.1. The zero-order chi connectivity index (χ0) is 22.6. The highest BCUT2D eigenvalue weighted by molar-refractivity contribution is 5.93. The summed E-state index contributed by atoms with van der Waals surface area (Å²) in [6.45, 7) is 0. The van der Waals surface area contributed by atoms with Crippen LogP contribution in [-0.2, 0) is 0 Å². The number of phenolic OH excluding ortho intramolecular Hbond substituents is 1. The van der Waals surface area contributed by atoms with Crippen LogP contribution in [-0.4, -0.2) is 17.2 Å². The first-order chi connectivity index (χ1) is 15.6. The molecule has 0 saturated heterocycles. The number of carbonyl (C=O) groups is 2. The molecule has 160 valence electrons. The summed E-state index contributed by atoms with van der Waals surface area (Å²) in [7, 11) is 0. The highest BCUT2D eigenvalue weighted by atomic mass is 16.7. The van der Waals surface area contributed by atoms with Gasteiger partial charge < -0.3 is 19.3 Å². The van der Waals surface area contributed by atoms with Gasteiger partial charge in [0.2, 0.25) is 0 Å². The van der Waals surface area contributed by atoms with Crippen LogP contribution < -0.4 is 14.2 Å². The van der Waals surface area contributed by atoms with E-state index in [0.29, 0.717) is 17.2 Å². The summed E-state index contributed by atoms with van der Waals surface area (Å²) in [6, 6.07) is 32.6. The van der Waals surface area contributed by atoms with E-state index in [1.165, 1.54) is 12.1 Å². The van der Waals surface area contributed by atoms with Crippen molar-refractivity contribution < 1.29 is 28.9 Å². The highest BCUT2D eigenvalue weighted by Gasteiger charge is 2.12. The summed E-state index contributed by atoms with van der Waals surface area (Å²) < 4.78 is 15.0. The van der Waals surface area contributed by atoms with Crippen LogP contribution in [0.1, 0.15) is 10.4 Å². The first-order valence-corrected chi connectivity index (χ1v) is 9.67. The van der Waals surface area contributed by atoms with Crippen LogP contribution in [0.15, 0.2) is 115 Å². The van der Waals surface area contributed by atoms with Gasteiger partial charge in [0.25, 0.3) is 0 Å². The van der Waals surface area contributed by atoms with E-state index in [9.17, 15) is 14.7 Å². The van der Waals surface area contributed by atoms with Crippen molar-refractivity contribution in [3.05, 3.63) is 121 Å². The second-order valence-electron chi connectivity index (χ2n) is 6.30. The van der Waals surface area contributed by atoms with Gasteiger partial charge in [-0.15, -0.1) is 0 Å². The SMILES string of the molecule is O=C(Oc1ccccc1)Oc1ccccc1.O=C(Oc1ccccc1)c1ccccc1O. The molecule has 0 saturated carbocycles. The number of esters is 1. The van der Waals surface area contributed by atoms with Gasteiger partial charge in [0.1, 0.15) is 28.6 Å². The monoisotopic (exact) mass is 428 g/mol.